The molecule has 1 aliphatic carbocycles. The normalized spacial score (nSPS) is 28.9. The first-order chi connectivity index (χ1) is 16.0. The van der Waals surface area contributed by atoms with Crippen molar-refractivity contribution in [1.29, 1.82) is 0 Å². The molecule has 3 saturated heterocycles. The van der Waals surface area contributed by atoms with Gasteiger partial charge in [0, 0.05) is 67.6 Å². The van der Waals surface area contributed by atoms with Crippen LogP contribution in [-0.2, 0) is 19.5 Å². The summed E-state index contributed by atoms with van der Waals surface area (Å²) in [5, 5.41) is 0.899. The first-order valence-corrected chi connectivity index (χ1v) is 13.6. The van der Waals surface area contributed by atoms with Gasteiger partial charge in [0.2, 0.25) is 10.0 Å². The average Bonchev–Trinajstić information content (AvgIpc) is 2.77. The van der Waals surface area contributed by atoms with E-state index in [-0.39, 0.29) is 23.0 Å². The summed E-state index contributed by atoms with van der Waals surface area (Å²) in [6, 6.07) is 8.06. The van der Waals surface area contributed by atoms with Gasteiger partial charge in [-0.2, -0.15) is 0 Å². The molecule has 1 N–H and O–H groups in total. The monoisotopic (exact) mass is 472 g/mol. The van der Waals surface area contributed by atoms with E-state index in [4.69, 9.17) is 9.47 Å². The van der Waals surface area contributed by atoms with E-state index in [1.54, 1.807) is 6.07 Å². The minimum Gasteiger partial charge on any atom is -0.379 e. The maximum Gasteiger partial charge on any atom is 0.243 e. The number of nitrogens with one attached hydrogen (secondary N) is 1. The van der Waals surface area contributed by atoms with E-state index in [1.165, 1.54) is 0 Å². The van der Waals surface area contributed by atoms with Crippen LogP contribution in [-0.4, -0.2) is 82.5 Å². The highest BCUT2D eigenvalue weighted by molar-refractivity contribution is 7.89. The van der Waals surface area contributed by atoms with E-state index < -0.39 is 10.0 Å². The molecule has 4 fully saturated rings. The van der Waals surface area contributed by atoms with Crippen LogP contribution in [0.3, 0.4) is 0 Å². The number of para-hydroxylation sites is 1. The molecule has 1 unspecified atom stereocenters. The Morgan fingerprint density at radius 2 is 1.97 bits per heavy atom. The van der Waals surface area contributed by atoms with Crippen LogP contribution in [0.5, 0.6) is 0 Å². The fourth-order valence-corrected chi connectivity index (χ4v) is 7.29. The van der Waals surface area contributed by atoms with Crippen LogP contribution < -0.4 is 9.62 Å². The molecular weight excluding hydrogens is 440 g/mol. The Morgan fingerprint density at radius 3 is 2.76 bits per heavy atom. The van der Waals surface area contributed by atoms with Gasteiger partial charge in [-0.1, -0.05) is 12.1 Å². The highest BCUT2D eigenvalue weighted by atomic mass is 32.2. The van der Waals surface area contributed by atoms with E-state index in [0.29, 0.717) is 11.6 Å². The number of fused-ring (bicyclic) bond motifs is 2. The lowest BCUT2D eigenvalue weighted by atomic mass is 9.73. The summed E-state index contributed by atoms with van der Waals surface area (Å²) in [6.07, 6.45) is 2.98. The predicted octanol–water partition coefficient (Wildman–Crippen LogP) is 1.91. The van der Waals surface area contributed by atoms with Crippen molar-refractivity contribution in [3.05, 3.63) is 30.0 Å². The average molecular weight is 473 g/mol. The zero-order chi connectivity index (χ0) is 22.6. The number of ether oxygens (including phenoxy) is 2. The molecule has 6 rings (SSSR count). The van der Waals surface area contributed by atoms with Crippen molar-refractivity contribution < 1.29 is 17.9 Å². The fourth-order valence-electron chi connectivity index (χ4n) is 5.83. The van der Waals surface area contributed by atoms with Crippen LogP contribution in [0.2, 0.25) is 0 Å². The molecule has 4 aliphatic rings. The number of nitrogens with zero attached hydrogens (tertiary/aromatic N) is 3. The van der Waals surface area contributed by atoms with Crippen LogP contribution in [0.25, 0.3) is 10.9 Å². The second kappa shape index (κ2) is 8.46. The Balaban J connectivity index is 1.26. The summed E-state index contributed by atoms with van der Waals surface area (Å²) in [5.41, 5.74) is 2.47. The zero-order valence-corrected chi connectivity index (χ0v) is 19.9. The van der Waals surface area contributed by atoms with Gasteiger partial charge < -0.3 is 14.4 Å². The van der Waals surface area contributed by atoms with Gasteiger partial charge in [0.1, 0.15) is 4.90 Å². The van der Waals surface area contributed by atoms with Crippen LogP contribution in [0.4, 0.5) is 5.69 Å². The quantitative estimate of drug-likeness (QED) is 0.712. The highest BCUT2D eigenvalue weighted by Crippen LogP contribution is 2.39. The molecule has 3 aliphatic heterocycles. The standard InChI is InChI=1S/C24H32N4O4S/c1-16-12-21(28-14-17(15-28)27-7-10-31-11-8-27)19-4-2-6-23(24(19)25-16)33(29,30)26-20-13-22-18(20)5-3-9-32-22/h2,4,6,12,17-18,20,22,26H,3,5,7-11,13-15H2,1H3/t18-,20?,22+/m1/s1. The number of hydrogen-bond donors (Lipinski definition) is 1. The van der Waals surface area contributed by atoms with Crippen molar-refractivity contribution >= 4 is 26.6 Å². The third kappa shape index (κ3) is 3.93. The summed E-state index contributed by atoms with van der Waals surface area (Å²) in [4.78, 5) is 9.80. The third-order valence-electron chi connectivity index (χ3n) is 7.76. The molecule has 0 radical (unpaired) electrons. The van der Waals surface area contributed by atoms with Crippen molar-refractivity contribution in [2.45, 2.75) is 49.3 Å². The van der Waals surface area contributed by atoms with Crippen LogP contribution in [0.15, 0.2) is 29.2 Å². The van der Waals surface area contributed by atoms with E-state index in [2.05, 4.69) is 25.6 Å². The number of anilines is 1. The highest BCUT2D eigenvalue weighted by Gasteiger charge is 2.45. The van der Waals surface area contributed by atoms with E-state index >= 15 is 0 Å². The Kier molecular flexibility index (Phi) is 5.57. The van der Waals surface area contributed by atoms with Gasteiger partial charge >= 0.3 is 0 Å². The molecule has 0 spiro atoms. The fraction of sp³-hybridized carbons (Fsp3) is 0.625. The SMILES string of the molecule is Cc1cc(N2CC(N3CCOCC3)C2)c2cccc(S(=O)(=O)NC3C[C@@H]4OCCC[C@H]34)c2n1. The van der Waals surface area contributed by atoms with Crippen LogP contribution in [0.1, 0.15) is 25.0 Å². The van der Waals surface area contributed by atoms with Crippen molar-refractivity contribution in [1.82, 2.24) is 14.6 Å². The topological polar surface area (TPSA) is 84.0 Å². The second-order valence-electron chi connectivity index (χ2n) is 9.82. The third-order valence-corrected chi connectivity index (χ3v) is 9.29. The van der Waals surface area contributed by atoms with Gasteiger partial charge in [-0.05, 0) is 38.3 Å². The maximum atomic E-state index is 13.4. The van der Waals surface area contributed by atoms with E-state index in [1.807, 2.05) is 19.1 Å². The number of aromatic nitrogens is 1. The molecule has 3 atom stereocenters. The summed E-state index contributed by atoms with van der Waals surface area (Å²) < 4.78 is 41.1. The molecule has 8 nitrogen and oxygen atoms in total. The molecule has 9 heteroatoms. The van der Waals surface area contributed by atoms with Crippen molar-refractivity contribution in [3.8, 4) is 0 Å². The Labute approximate surface area is 195 Å². The minimum atomic E-state index is -3.68. The maximum absolute atomic E-state index is 13.4. The predicted molar refractivity (Wildman–Crippen MR) is 126 cm³/mol. The molecule has 0 bridgehead atoms. The number of aryl methyl sites for hydroxylation is 1. The van der Waals surface area contributed by atoms with Crippen molar-refractivity contribution in [2.24, 2.45) is 5.92 Å². The lowest BCUT2D eigenvalue weighted by molar-refractivity contribution is -0.0980. The van der Waals surface area contributed by atoms with Gasteiger partial charge in [-0.15, -0.1) is 0 Å². The Hall–Kier alpha value is -1.78. The van der Waals surface area contributed by atoms with E-state index in [0.717, 1.165) is 82.0 Å². The molecule has 1 aromatic carbocycles. The number of sulfonamides is 1. The molecule has 178 valence electrons. The summed E-state index contributed by atoms with van der Waals surface area (Å²) in [5.74, 6) is 0.284. The minimum absolute atomic E-state index is 0.0514. The summed E-state index contributed by atoms with van der Waals surface area (Å²) in [7, 11) is -3.68. The molecule has 0 amide bonds. The first-order valence-electron chi connectivity index (χ1n) is 12.1. The van der Waals surface area contributed by atoms with E-state index in [9.17, 15) is 8.42 Å². The summed E-state index contributed by atoms with van der Waals surface area (Å²) >= 11 is 0. The number of hydrogen-bond acceptors (Lipinski definition) is 7. The molecular formula is C24H32N4O4S. The second-order valence-corrected chi connectivity index (χ2v) is 11.5. The number of pyridine rings is 1. The molecule has 1 saturated carbocycles. The van der Waals surface area contributed by atoms with Crippen LogP contribution in [0, 0.1) is 12.8 Å². The number of morpholine rings is 1. The molecule has 1 aromatic heterocycles. The number of benzene rings is 1. The van der Waals surface area contributed by atoms with Gasteiger partial charge in [-0.3, -0.25) is 9.88 Å². The smallest absolute Gasteiger partial charge is 0.243 e. The lowest BCUT2D eigenvalue weighted by Crippen LogP contribution is -2.61. The van der Waals surface area contributed by atoms with Gasteiger partial charge in [0.25, 0.3) is 0 Å². The van der Waals surface area contributed by atoms with Gasteiger partial charge in [-0.25, -0.2) is 13.1 Å². The van der Waals surface area contributed by atoms with Crippen molar-refractivity contribution in [2.75, 3.05) is 50.9 Å². The van der Waals surface area contributed by atoms with Gasteiger partial charge in [0.15, 0.2) is 0 Å². The van der Waals surface area contributed by atoms with Crippen molar-refractivity contribution in [3.63, 3.8) is 0 Å². The number of rotatable bonds is 5. The van der Waals surface area contributed by atoms with Gasteiger partial charge in [0.05, 0.1) is 24.8 Å². The zero-order valence-electron chi connectivity index (χ0n) is 19.1. The first kappa shape index (κ1) is 21.7. The summed E-state index contributed by atoms with van der Waals surface area (Å²) in [6.45, 7) is 8.19. The Bertz CT molecular complexity index is 1140. The van der Waals surface area contributed by atoms with Crippen LogP contribution >= 0.6 is 0 Å². The molecule has 4 heterocycles. The molecule has 33 heavy (non-hydrogen) atoms. The Morgan fingerprint density at radius 1 is 1.15 bits per heavy atom. The lowest BCUT2D eigenvalue weighted by Gasteiger charge is -2.48. The molecule has 2 aromatic rings. The largest absolute Gasteiger partial charge is 0.379 e.